The lowest BCUT2D eigenvalue weighted by Gasteiger charge is -2.29. The minimum absolute atomic E-state index is 0.0467. The number of rotatable bonds is 4. The van der Waals surface area contributed by atoms with Crippen molar-refractivity contribution in [2.75, 3.05) is 13.1 Å². The van der Waals surface area contributed by atoms with Crippen LogP contribution in [0.2, 0.25) is 0 Å². The fourth-order valence-electron chi connectivity index (χ4n) is 2.67. The van der Waals surface area contributed by atoms with Gasteiger partial charge in [-0.1, -0.05) is 55.4 Å². The molecule has 20 heavy (non-hydrogen) atoms. The lowest BCUT2D eigenvalue weighted by molar-refractivity contribution is -0.131. The monoisotopic (exact) mass is 290 g/mol. The maximum absolute atomic E-state index is 12.2. The average molecular weight is 290 g/mol. The molecule has 0 aliphatic carbocycles. The van der Waals surface area contributed by atoms with Crippen molar-refractivity contribution in [1.82, 2.24) is 4.90 Å². The molecule has 1 saturated heterocycles. The summed E-state index contributed by atoms with van der Waals surface area (Å²) in [5.41, 5.74) is 6.99. The SMILES string of the molecule is NC(=S)C(CN1CCCCCCC1=O)c1ccccc1. The molecule has 2 N–H and O–H groups in total. The lowest BCUT2D eigenvalue weighted by atomic mass is 9.97. The third-order valence-corrected chi connectivity index (χ3v) is 4.15. The molecular weight excluding hydrogens is 268 g/mol. The Kier molecular flexibility index (Phi) is 5.53. The molecule has 1 aliphatic heterocycles. The molecule has 1 fully saturated rings. The van der Waals surface area contributed by atoms with Gasteiger partial charge in [0.25, 0.3) is 0 Å². The van der Waals surface area contributed by atoms with Crippen LogP contribution in [-0.2, 0) is 4.79 Å². The quantitative estimate of drug-likeness (QED) is 0.867. The number of thiocarbonyl (C=S) groups is 1. The second-order valence-corrected chi connectivity index (χ2v) is 5.84. The van der Waals surface area contributed by atoms with Gasteiger partial charge in [0, 0.05) is 19.5 Å². The van der Waals surface area contributed by atoms with E-state index in [0.29, 0.717) is 18.0 Å². The summed E-state index contributed by atoms with van der Waals surface area (Å²) in [6.07, 6.45) is 5.09. The first-order chi connectivity index (χ1) is 9.68. The first kappa shape index (κ1) is 15.0. The number of carbonyl (C=O) groups excluding carboxylic acids is 1. The van der Waals surface area contributed by atoms with E-state index >= 15 is 0 Å². The Morgan fingerprint density at radius 3 is 2.60 bits per heavy atom. The summed E-state index contributed by atoms with van der Waals surface area (Å²) in [4.78, 5) is 14.6. The summed E-state index contributed by atoms with van der Waals surface area (Å²) >= 11 is 5.21. The Morgan fingerprint density at radius 2 is 1.90 bits per heavy atom. The molecule has 1 atom stereocenters. The highest BCUT2D eigenvalue weighted by Gasteiger charge is 2.22. The predicted molar refractivity (Wildman–Crippen MR) is 85.6 cm³/mol. The van der Waals surface area contributed by atoms with Gasteiger partial charge in [-0.3, -0.25) is 4.79 Å². The van der Waals surface area contributed by atoms with Crippen molar-refractivity contribution < 1.29 is 4.79 Å². The lowest BCUT2D eigenvalue weighted by Crippen LogP contribution is -2.39. The van der Waals surface area contributed by atoms with Crippen LogP contribution in [0, 0.1) is 0 Å². The number of amides is 1. The molecule has 1 aliphatic rings. The van der Waals surface area contributed by atoms with Crippen molar-refractivity contribution >= 4 is 23.1 Å². The first-order valence-electron chi connectivity index (χ1n) is 7.30. The molecular formula is C16H22N2OS. The summed E-state index contributed by atoms with van der Waals surface area (Å²) < 4.78 is 0. The molecule has 1 heterocycles. The molecule has 1 aromatic rings. The fourth-order valence-corrected chi connectivity index (χ4v) is 2.88. The van der Waals surface area contributed by atoms with Gasteiger partial charge in [-0.05, 0) is 18.4 Å². The van der Waals surface area contributed by atoms with Crippen LogP contribution in [0.3, 0.4) is 0 Å². The van der Waals surface area contributed by atoms with Gasteiger partial charge in [-0.25, -0.2) is 0 Å². The van der Waals surface area contributed by atoms with Crippen LogP contribution >= 0.6 is 12.2 Å². The van der Waals surface area contributed by atoms with Crippen LogP contribution in [0.1, 0.15) is 43.6 Å². The van der Waals surface area contributed by atoms with E-state index in [-0.39, 0.29) is 11.8 Å². The van der Waals surface area contributed by atoms with Crippen molar-refractivity contribution in [3.05, 3.63) is 35.9 Å². The highest BCUT2D eigenvalue weighted by Crippen LogP contribution is 2.20. The van der Waals surface area contributed by atoms with Crippen LogP contribution in [0.4, 0.5) is 0 Å². The highest BCUT2D eigenvalue weighted by atomic mass is 32.1. The topological polar surface area (TPSA) is 46.3 Å². The Bertz CT molecular complexity index is 461. The van der Waals surface area contributed by atoms with Gasteiger partial charge < -0.3 is 10.6 Å². The van der Waals surface area contributed by atoms with Gasteiger partial charge >= 0.3 is 0 Å². The number of likely N-dealkylation sites (tertiary alicyclic amines) is 1. The third-order valence-electron chi connectivity index (χ3n) is 3.87. The molecule has 1 unspecified atom stereocenters. The van der Waals surface area contributed by atoms with Crippen molar-refractivity contribution in [1.29, 1.82) is 0 Å². The maximum Gasteiger partial charge on any atom is 0.222 e. The minimum Gasteiger partial charge on any atom is -0.393 e. The summed E-state index contributed by atoms with van der Waals surface area (Å²) in [6, 6.07) is 9.99. The summed E-state index contributed by atoms with van der Waals surface area (Å²) in [6.45, 7) is 1.43. The van der Waals surface area contributed by atoms with Crippen molar-refractivity contribution in [3.8, 4) is 0 Å². The fraction of sp³-hybridized carbons (Fsp3) is 0.500. The Balaban J connectivity index is 2.10. The molecule has 1 aromatic carbocycles. The molecule has 0 radical (unpaired) electrons. The maximum atomic E-state index is 12.2. The van der Waals surface area contributed by atoms with Gasteiger partial charge in [0.15, 0.2) is 0 Å². The van der Waals surface area contributed by atoms with Gasteiger partial charge in [0.1, 0.15) is 0 Å². The van der Waals surface area contributed by atoms with Gasteiger partial charge in [0.05, 0.1) is 10.9 Å². The molecule has 2 rings (SSSR count). The summed E-state index contributed by atoms with van der Waals surface area (Å²) in [7, 11) is 0. The normalized spacial score (nSPS) is 18.2. The van der Waals surface area contributed by atoms with Crippen LogP contribution in [0.25, 0.3) is 0 Å². The van der Waals surface area contributed by atoms with Gasteiger partial charge in [0.2, 0.25) is 5.91 Å². The van der Waals surface area contributed by atoms with E-state index in [1.54, 1.807) is 0 Å². The standard InChI is InChI=1S/C16H22N2OS/c17-16(20)14(13-8-4-3-5-9-13)12-18-11-7-2-1-6-10-15(18)19/h3-5,8-9,14H,1-2,6-7,10-12H2,(H2,17,20). The second-order valence-electron chi connectivity index (χ2n) is 5.37. The first-order valence-corrected chi connectivity index (χ1v) is 7.71. The van der Waals surface area contributed by atoms with Crippen LogP contribution in [-0.4, -0.2) is 28.9 Å². The van der Waals surface area contributed by atoms with E-state index in [4.69, 9.17) is 18.0 Å². The Labute approximate surface area is 126 Å². The van der Waals surface area contributed by atoms with E-state index in [1.165, 1.54) is 6.42 Å². The summed E-state index contributed by atoms with van der Waals surface area (Å²) in [5.74, 6) is 0.191. The van der Waals surface area contributed by atoms with Crippen molar-refractivity contribution in [3.63, 3.8) is 0 Å². The molecule has 0 aromatic heterocycles. The molecule has 0 saturated carbocycles. The number of hydrogen-bond acceptors (Lipinski definition) is 2. The average Bonchev–Trinajstić information content (AvgIpc) is 2.43. The van der Waals surface area contributed by atoms with Gasteiger partial charge in [-0.15, -0.1) is 0 Å². The van der Waals surface area contributed by atoms with E-state index in [1.807, 2.05) is 35.2 Å². The number of hydrogen-bond donors (Lipinski definition) is 1. The van der Waals surface area contributed by atoms with E-state index in [0.717, 1.165) is 31.4 Å². The Morgan fingerprint density at radius 1 is 1.20 bits per heavy atom. The molecule has 0 bridgehead atoms. The zero-order valence-electron chi connectivity index (χ0n) is 11.8. The third kappa shape index (κ3) is 4.04. The summed E-state index contributed by atoms with van der Waals surface area (Å²) in [5, 5.41) is 0. The van der Waals surface area contributed by atoms with E-state index in [2.05, 4.69) is 0 Å². The zero-order chi connectivity index (χ0) is 14.4. The van der Waals surface area contributed by atoms with Crippen molar-refractivity contribution in [2.24, 2.45) is 5.73 Å². The number of carbonyl (C=O) groups is 1. The van der Waals surface area contributed by atoms with Crippen LogP contribution < -0.4 is 5.73 Å². The number of nitrogens with zero attached hydrogens (tertiary/aromatic N) is 1. The van der Waals surface area contributed by atoms with Crippen LogP contribution in [0.5, 0.6) is 0 Å². The van der Waals surface area contributed by atoms with Crippen molar-refractivity contribution in [2.45, 2.75) is 38.0 Å². The number of benzene rings is 1. The second kappa shape index (κ2) is 7.39. The molecule has 108 valence electrons. The molecule has 4 heteroatoms. The van der Waals surface area contributed by atoms with Crippen LogP contribution in [0.15, 0.2) is 30.3 Å². The molecule has 1 amide bonds. The largest absolute Gasteiger partial charge is 0.393 e. The van der Waals surface area contributed by atoms with E-state index in [9.17, 15) is 4.79 Å². The molecule has 3 nitrogen and oxygen atoms in total. The van der Waals surface area contributed by atoms with E-state index < -0.39 is 0 Å². The Hall–Kier alpha value is -1.42. The highest BCUT2D eigenvalue weighted by molar-refractivity contribution is 7.80. The predicted octanol–water partition coefficient (Wildman–Crippen LogP) is 2.85. The molecule has 0 spiro atoms. The smallest absolute Gasteiger partial charge is 0.222 e. The van der Waals surface area contributed by atoms with Gasteiger partial charge in [-0.2, -0.15) is 0 Å². The number of nitrogens with two attached hydrogens (primary N) is 1. The minimum atomic E-state index is -0.0467. The zero-order valence-corrected chi connectivity index (χ0v) is 12.6.